The minimum Gasteiger partial charge on any atom is -0.486 e. The zero-order chi connectivity index (χ0) is 22.7. The molecule has 2 amide bonds. The highest BCUT2D eigenvalue weighted by atomic mass is 16.6. The third-order valence-electron chi connectivity index (χ3n) is 5.73. The molecule has 1 atom stereocenters. The molecule has 0 spiro atoms. The van der Waals surface area contributed by atoms with E-state index in [4.69, 9.17) is 9.47 Å². The van der Waals surface area contributed by atoms with Crippen LogP contribution in [0.3, 0.4) is 0 Å². The van der Waals surface area contributed by atoms with Crippen LogP contribution in [-0.2, 0) is 4.79 Å². The van der Waals surface area contributed by atoms with Crippen LogP contribution in [-0.4, -0.2) is 46.5 Å². The Labute approximate surface area is 189 Å². The zero-order valence-electron chi connectivity index (χ0n) is 19.0. The molecule has 0 unspecified atom stereocenters. The van der Waals surface area contributed by atoms with E-state index >= 15 is 0 Å². The van der Waals surface area contributed by atoms with Crippen LogP contribution in [0.15, 0.2) is 42.6 Å². The van der Waals surface area contributed by atoms with Gasteiger partial charge >= 0.3 is 0 Å². The number of carbonyl (C=O) groups excluding carboxylic acids is 2. The van der Waals surface area contributed by atoms with Crippen molar-refractivity contribution >= 4 is 11.8 Å². The summed E-state index contributed by atoms with van der Waals surface area (Å²) in [6, 6.07) is 9.84. The van der Waals surface area contributed by atoms with Gasteiger partial charge < -0.3 is 19.7 Å². The van der Waals surface area contributed by atoms with E-state index in [0.29, 0.717) is 36.0 Å². The predicted molar refractivity (Wildman–Crippen MR) is 121 cm³/mol. The Kier molecular flexibility index (Phi) is 6.35. The molecule has 170 valence electrons. The molecule has 32 heavy (non-hydrogen) atoms. The standard InChI is InChI=1S/C25H31N3O4/c1-25(2,3)27-23(29)22(19-10-6-7-13-26-19)28(18-8-4-5-9-18)24(30)17-11-12-20-21(16-17)32-15-14-31-20/h6-7,10-13,16,18,22H,4-5,8-9,14-15H2,1-3H3,(H,27,29)/t22-/m0/s1. The first-order chi connectivity index (χ1) is 15.3. The van der Waals surface area contributed by atoms with E-state index in [-0.39, 0.29) is 17.9 Å². The fourth-order valence-corrected chi connectivity index (χ4v) is 4.38. The Morgan fingerprint density at radius 1 is 1.06 bits per heavy atom. The highest BCUT2D eigenvalue weighted by Gasteiger charge is 2.40. The van der Waals surface area contributed by atoms with Crippen molar-refractivity contribution in [2.75, 3.05) is 13.2 Å². The van der Waals surface area contributed by atoms with E-state index in [1.165, 1.54) is 0 Å². The number of fused-ring (bicyclic) bond motifs is 1. The van der Waals surface area contributed by atoms with Gasteiger partial charge in [-0.15, -0.1) is 0 Å². The van der Waals surface area contributed by atoms with Crippen molar-refractivity contribution in [1.82, 2.24) is 15.2 Å². The first kappa shape index (κ1) is 22.1. The van der Waals surface area contributed by atoms with Gasteiger partial charge in [0.05, 0.1) is 5.69 Å². The lowest BCUT2D eigenvalue weighted by Crippen LogP contribution is -2.52. The average molecular weight is 438 g/mol. The molecular formula is C25H31N3O4. The summed E-state index contributed by atoms with van der Waals surface area (Å²) < 4.78 is 11.3. The molecule has 2 aromatic rings. The molecule has 7 nitrogen and oxygen atoms in total. The van der Waals surface area contributed by atoms with Crippen LogP contribution in [0.2, 0.25) is 0 Å². The lowest BCUT2D eigenvalue weighted by molar-refractivity contribution is -0.128. The Morgan fingerprint density at radius 2 is 1.78 bits per heavy atom. The number of hydrogen-bond acceptors (Lipinski definition) is 5. The second-order valence-corrected chi connectivity index (χ2v) is 9.41. The molecule has 1 N–H and O–H groups in total. The maximum Gasteiger partial charge on any atom is 0.255 e. The summed E-state index contributed by atoms with van der Waals surface area (Å²) in [4.78, 5) is 33.7. The van der Waals surface area contributed by atoms with Crippen LogP contribution in [0.5, 0.6) is 11.5 Å². The lowest BCUT2D eigenvalue weighted by Gasteiger charge is -2.37. The largest absolute Gasteiger partial charge is 0.486 e. The van der Waals surface area contributed by atoms with Gasteiger partial charge in [0.2, 0.25) is 5.91 Å². The normalized spacial score (nSPS) is 17.0. The third kappa shape index (κ3) is 4.87. The van der Waals surface area contributed by atoms with Crippen molar-refractivity contribution in [3.8, 4) is 11.5 Å². The van der Waals surface area contributed by atoms with Crippen LogP contribution < -0.4 is 14.8 Å². The fraction of sp³-hybridized carbons (Fsp3) is 0.480. The van der Waals surface area contributed by atoms with Gasteiger partial charge in [-0.25, -0.2) is 0 Å². The molecule has 2 aliphatic rings. The van der Waals surface area contributed by atoms with E-state index in [2.05, 4.69) is 10.3 Å². The first-order valence-electron chi connectivity index (χ1n) is 11.3. The summed E-state index contributed by atoms with van der Waals surface area (Å²) in [6.45, 7) is 6.74. The maximum atomic E-state index is 13.9. The smallest absolute Gasteiger partial charge is 0.255 e. The summed E-state index contributed by atoms with van der Waals surface area (Å²) in [7, 11) is 0. The number of hydrogen-bond donors (Lipinski definition) is 1. The van der Waals surface area contributed by atoms with Crippen LogP contribution in [0.4, 0.5) is 0 Å². The van der Waals surface area contributed by atoms with Gasteiger partial charge in [-0.1, -0.05) is 18.9 Å². The van der Waals surface area contributed by atoms with Crippen LogP contribution in [0, 0.1) is 0 Å². The van der Waals surface area contributed by atoms with Crippen LogP contribution >= 0.6 is 0 Å². The van der Waals surface area contributed by atoms with E-state index < -0.39 is 11.6 Å². The number of carbonyl (C=O) groups is 2. The number of nitrogens with zero attached hydrogens (tertiary/aromatic N) is 2. The number of aromatic nitrogens is 1. The Morgan fingerprint density at radius 3 is 2.44 bits per heavy atom. The van der Waals surface area contributed by atoms with Crippen molar-refractivity contribution in [3.63, 3.8) is 0 Å². The number of pyridine rings is 1. The molecule has 1 aliphatic carbocycles. The van der Waals surface area contributed by atoms with Gasteiger partial charge in [-0.05, 0) is 63.9 Å². The Bertz CT molecular complexity index is 965. The minimum absolute atomic E-state index is 0.0339. The van der Waals surface area contributed by atoms with Crippen molar-refractivity contribution in [3.05, 3.63) is 53.9 Å². The quantitative estimate of drug-likeness (QED) is 0.768. The molecule has 1 aromatic carbocycles. The SMILES string of the molecule is CC(C)(C)NC(=O)[C@H](c1ccccn1)N(C(=O)c1ccc2c(c1)OCCO2)C1CCCC1. The molecule has 4 rings (SSSR count). The molecule has 1 fully saturated rings. The predicted octanol–water partition coefficient (Wildman–Crippen LogP) is 3.89. The maximum absolute atomic E-state index is 13.9. The summed E-state index contributed by atoms with van der Waals surface area (Å²) >= 11 is 0. The van der Waals surface area contributed by atoms with Crippen molar-refractivity contribution in [2.24, 2.45) is 0 Å². The third-order valence-corrected chi connectivity index (χ3v) is 5.73. The summed E-state index contributed by atoms with van der Waals surface area (Å²) in [6.07, 6.45) is 5.45. The topological polar surface area (TPSA) is 80.8 Å². The summed E-state index contributed by atoms with van der Waals surface area (Å²) in [5.74, 6) is 0.761. The van der Waals surface area contributed by atoms with Gasteiger partial charge in [0.25, 0.3) is 5.91 Å². The monoisotopic (exact) mass is 437 g/mol. The first-order valence-corrected chi connectivity index (χ1v) is 11.3. The van der Waals surface area contributed by atoms with E-state index in [1.807, 2.05) is 39.0 Å². The molecule has 2 heterocycles. The Hall–Kier alpha value is -3.09. The molecule has 0 bridgehead atoms. The van der Waals surface area contributed by atoms with Crippen LogP contribution in [0.1, 0.15) is 68.5 Å². The van der Waals surface area contributed by atoms with Gasteiger partial charge in [0.1, 0.15) is 13.2 Å². The number of rotatable bonds is 5. The highest BCUT2D eigenvalue weighted by molar-refractivity contribution is 5.98. The van der Waals surface area contributed by atoms with Gasteiger partial charge in [-0.2, -0.15) is 0 Å². The number of nitrogens with one attached hydrogen (secondary N) is 1. The molecule has 0 saturated heterocycles. The molecular weight excluding hydrogens is 406 g/mol. The number of amides is 2. The molecule has 1 aliphatic heterocycles. The van der Waals surface area contributed by atoms with Crippen molar-refractivity contribution in [2.45, 2.75) is 64.1 Å². The fourth-order valence-electron chi connectivity index (χ4n) is 4.38. The van der Waals surface area contributed by atoms with Crippen LogP contribution in [0.25, 0.3) is 0 Å². The molecule has 0 radical (unpaired) electrons. The van der Waals surface area contributed by atoms with E-state index in [9.17, 15) is 9.59 Å². The summed E-state index contributed by atoms with van der Waals surface area (Å²) in [5.41, 5.74) is 0.601. The molecule has 7 heteroatoms. The highest BCUT2D eigenvalue weighted by Crippen LogP contribution is 2.35. The zero-order valence-corrected chi connectivity index (χ0v) is 19.0. The number of benzene rings is 1. The van der Waals surface area contributed by atoms with Crippen molar-refractivity contribution < 1.29 is 19.1 Å². The van der Waals surface area contributed by atoms with Gasteiger partial charge in [-0.3, -0.25) is 14.6 Å². The second-order valence-electron chi connectivity index (χ2n) is 9.41. The van der Waals surface area contributed by atoms with Gasteiger partial charge in [0, 0.05) is 23.3 Å². The van der Waals surface area contributed by atoms with E-state index in [1.54, 1.807) is 29.3 Å². The average Bonchev–Trinajstić information content (AvgIpc) is 3.30. The molecule has 1 saturated carbocycles. The minimum atomic E-state index is -0.820. The molecule has 1 aromatic heterocycles. The summed E-state index contributed by atoms with van der Waals surface area (Å²) in [5, 5.41) is 3.06. The van der Waals surface area contributed by atoms with Gasteiger partial charge in [0.15, 0.2) is 17.5 Å². The second kappa shape index (κ2) is 9.18. The lowest BCUT2D eigenvalue weighted by atomic mass is 10.0. The Balaban J connectivity index is 1.75. The van der Waals surface area contributed by atoms with Crippen molar-refractivity contribution in [1.29, 1.82) is 0 Å². The number of ether oxygens (including phenoxy) is 2. The van der Waals surface area contributed by atoms with E-state index in [0.717, 1.165) is 25.7 Å².